The molecule has 1 heterocycles. The minimum Gasteiger partial charge on any atom is -0.337 e. The number of nitriles is 1. The van der Waals surface area contributed by atoms with Crippen molar-refractivity contribution in [3.8, 4) is 6.07 Å². The maximum Gasteiger partial charge on any atom is 0.254 e. The average Bonchev–Trinajstić information content (AvgIpc) is 3.65. The number of hydrogen-bond acceptors (Lipinski definition) is 4. The molecule has 34 heavy (non-hydrogen) atoms. The zero-order chi connectivity index (χ0) is 23.8. The quantitative estimate of drug-likeness (QED) is 0.502. The van der Waals surface area contributed by atoms with Gasteiger partial charge in [0.1, 0.15) is 5.82 Å². The molecule has 2 aromatic rings. The van der Waals surface area contributed by atoms with Gasteiger partial charge in [-0.3, -0.25) is 4.79 Å². The van der Waals surface area contributed by atoms with E-state index in [4.69, 9.17) is 5.26 Å². The Morgan fingerprint density at radius 1 is 1.12 bits per heavy atom. The summed E-state index contributed by atoms with van der Waals surface area (Å²) in [5.41, 5.74) is 1.82. The summed E-state index contributed by atoms with van der Waals surface area (Å²) >= 11 is 0. The van der Waals surface area contributed by atoms with Crippen LogP contribution in [0.5, 0.6) is 0 Å². The van der Waals surface area contributed by atoms with E-state index in [-0.39, 0.29) is 5.91 Å². The third-order valence-electron chi connectivity index (χ3n) is 7.16. The van der Waals surface area contributed by atoms with E-state index in [1.165, 1.54) is 37.0 Å². The molecule has 1 aliphatic carbocycles. The number of carbonyl (C=O) groups is 1. The monoisotopic (exact) mass is 462 g/mol. The minimum absolute atomic E-state index is 0.158. The van der Waals surface area contributed by atoms with Crippen LogP contribution in [0.2, 0.25) is 0 Å². The van der Waals surface area contributed by atoms with Crippen molar-refractivity contribution < 1.29 is 9.18 Å². The molecule has 2 atom stereocenters. The van der Waals surface area contributed by atoms with Crippen LogP contribution in [0.3, 0.4) is 0 Å². The molecule has 6 heteroatoms. The lowest BCUT2D eigenvalue weighted by atomic mass is 9.96. The Kier molecular flexibility index (Phi) is 8.67. The lowest BCUT2D eigenvalue weighted by molar-refractivity contribution is 0.0719. The summed E-state index contributed by atoms with van der Waals surface area (Å²) in [6.45, 7) is 5.10. The topological polar surface area (TPSA) is 59.4 Å². The van der Waals surface area contributed by atoms with Gasteiger partial charge in [-0.1, -0.05) is 36.4 Å². The highest BCUT2D eigenvalue weighted by molar-refractivity contribution is 5.94. The van der Waals surface area contributed by atoms with Crippen molar-refractivity contribution in [2.24, 2.45) is 5.92 Å². The summed E-state index contributed by atoms with van der Waals surface area (Å²) in [7, 11) is 0. The summed E-state index contributed by atoms with van der Waals surface area (Å²) in [4.78, 5) is 17.2. The maximum absolute atomic E-state index is 13.6. The highest BCUT2D eigenvalue weighted by atomic mass is 19.1. The zero-order valence-electron chi connectivity index (χ0n) is 19.8. The summed E-state index contributed by atoms with van der Waals surface area (Å²) in [5.74, 6) is 0.812. The minimum atomic E-state index is -0.403. The van der Waals surface area contributed by atoms with E-state index in [0.29, 0.717) is 49.4 Å². The number of halogens is 1. The van der Waals surface area contributed by atoms with Crippen LogP contribution in [0.1, 0.15) is 53.9 Å². The molecule has 4 rings (SSSR count). The van der Waals surface area contributed by atoms with Crippen molar-refractivity contribution in [3.05, 3.63) is 71.5 Å². The van der Waals surface area contributed by atoms with Crippen molar-refractivity contribution in [1.82, 2.24) is 15.1 Å². The van der Waals surface area contributed by atoms with Gasteiger partial charge in [-0.15, -0.1) is 0 Å². The first-order valence-corrected chi connectivity index (χ1v) is 12.6. The molecular weight excluding hydrogens is 427 g/mol. The summed E-state index contributed by atoms with van der Waals surface area (Å²) in [6, 6.07) is 19.4. The smallest absolute Gasteiger partial charge is 0.254 e. The molecule has 0 spiro atoms. The molecule has 180 valence electrons. The Bertz CT molecular complexity index is 968. The predicted octanol–water partition coefficient (Wildman–Crippen LogP) is 4.43. The number of hydrogen-bond donors (Lipinski definition) is 1. The molecule has 2 fully saturated rings. The number of carbonyl (C=O) groups excluding carboxylic acids is 1. The van der Waals surface area contributed by atoms with Gasteiger partial charge in [0.15, 0.2) is 0 Å². The summed E-state index contributed by atoms with van der Waals surface area (Å²) in [5, 5.41) is 12.6. The first-order valence-electron chi connectivity index (χ1n) is 12.6. The third-order valence-corrected chi connectivity index (χ3v) is 7.16. The van der Waals surface area contributed by atoms with E-state index in [0.717, 1.165) is 26.2 Å². The number of amides is 1. The van der Waals surface area contributed by atoms with Gasteiger partial charge in [-0.05, 0) is 75.0 Å². The molecule has 1 aliphatic heterocycles. The van der Waals surface area contributed by atoms with E-state index in [1.54, 1.807) is 17.0 Å². The Morgan fingerprint density at radius 3 is 2.65 bits per heavy atom. The molecule has 1 amide bonds. The van der Waals surface area contributed by atoms with Crippen molar-refractivity contribution in [2.45, 2.75) is 44.1 Å². The number of nitrogens with zero attached hydrogens (tertiary/aromatic N) is 3. The molecule has 0 radical (unpaired) electrons. The van der Waals surface area contributed by atoms with Crippen molar-refractivity contribution in [2.75, 3.05) is 39.3 Å². The fraction of sp³-hybridized carbons (Fsp3) is 0.500. The second-order valence-electron chi connectivity index (χ2n) is 9.62. The first-order chi connectivity index (χ1) is 16.6. The fourth-order valence-corrected chi connectivity index (χ4v) is 4.95. The Hall–Kier alpha value is -2.75. The number of piperidine rings is 1. The van der Waals surface area contributed by atoms with Crippen molar-refractivity contribution in [3.63, 3.8) is 0 Å². The van der Waals surface area contributed by atoms with Crippen molar-refractivity contribution in [1.29, 1.82) is 5.26 Å². The van der Waals surface area contributed by atoms with Crippen LogP contribution in [0.15, 0.2) is 54.6 Å². The van der Waals surface area contributed by atoms with E-state index in [1.807, 2.05) is 0 Å². The molecule has 0 aromatic heterocycles. The van der Waals surface area contributed by atoms with Crippen molar-refractivity contribution >= 4 is 5.91 Å². The third kappa shape index (κ3) is 6.88. The first kappa shape index (κ1) is 24.4. The molecule has 1 N–H and O–H groups in total. The molecule has 1 saturated heterocycles. The summed E-state index contributed by atoms with van der Waals surface area (Å²) < 4.78 is 13.6. The molecule has 5 nitrogen and oxygen atoms in total. The van der Waals surface area contributed by atoms with Crippen LogP contribution in [0.4, 0.5) is 4.39 Å². The number of likely N-dealkylation sites (tertiary alicyclic amines) is 1. The van der Waals surface area contributed by atoms with Gasteiger partial charge >= 0.3 is 0 Å². The van der Waals surface area contributed by atoms with Crippen LogP contribution in [0, 0.1) is 23.1 Å². The lowest BCUT2D eigenvalue weighted by Crippen LogP contribution is -2.43. The van der Waals surface area contributed by atoms with E-state index < -0.39 is 5.82 Å². The van der Waals surface area contributed by atoms with E-state index >= 15 is 0 Å². The molecular formula is C28H35FN4O. The average molecular weight is 463 g/mol. The van der Waals surface area contributed by atoms with Crippen LogP contribution in [0.25, 0.3) is 0 Å². The number of unbranched alkanes of at least 4 members (excludes halogenated alkanes) is 1. The lowest BCUT2D eigenvalue weighted by Gasteiger charge is -2.34. The van der Waals surface area contributed by atoms with Gasteiger partial charge < -0.3 is 15.1 Å². The summed E-state index contributed by atoms with van der Waals surface area (Å²) in [6.07, 6.45) is 4.63. The van der Waals surface area contributed by atoms with Gasteiger partial charge in [0, 0.05) is 43.6 Å². The van der Waals surface area contributed by atoms with Gasteiger partial charge in [0.05, 0.1) is 6.07 Å². The highest BCUT2D eigenvalue weighted by Gasteiger charge is 2.38. The predicted molar refractivity (Wildman–Crippen MR) is 132 cm³/mol. The van der Waals surface area contributed by atoms with Gasteiger partial charge in [-0.25, -0.2) is 4.39 Å². The normalized spacial score (nSPS) is 20.6. The Balaban J connectivity index is 1.19. The second-order valence-corrected chi connectivity index (χ2v) is 9.62. The molecule has 1 unspecified atom stereocenters. The Morgan fingerprint density at radius 2 is 1.91 bits per heavy atom. The number of nitrogens with one attached hydrogen (secondary N) is 1. The highest BCUT2D eigenvalue weighted by Crippen LogP contribution is 2.40. The second kappa shape index (κ2) is 12.1. The van der Waals surface area contributed by atoms with Crippen LogP contribution in [-0.2, 0) is 0 Å². The fourth-order valence-electron chi connectivity index (χ4n) is 4.95. The molecule has 2 aromatic carbocycles. The van der Waals surface area contributed by atoms with Gasteiger partial charge in [0.2, 0.25) is 0 Å². The number of rotatable bonds is 11. The SMILES string of the molecule is N#CCCCN(CCN1CCC(CN[C@H]2CC2c2ccccc2)CC1)C(=O)c1cccc(F)c1. The largest absolute Gasteiger partial charge is 0.337 e. The molecule has 1 saturated carbocycles. The molecule has 0 bridgehead atoms. The zero-order valence-corrected chi connectivity index (χ0v) is 19.8. The van der Waals surface area contributed by atoms with Gasteiger partial charge in [-0.2, -0.15) is 5.26 Å². The van der Waals surface area contributed by atoms with Crippen LogP contribution >= 0.6 is 0 Å². The van der Waals surface area contributed by atoms with Crippen LogP contribution in [-0.4, -0.2) is 61.0 Å². The Labute approximate surface area is 202 Å². The van der Waals surface area contributed by atoms with E-state index in [2.05, 4.69) is 46.6 Å². The van der Waals surface area contributed by atoms with Crippen LogP contribution < -0.4 is 5.32 Å². The van der Waals surface area contributed by atoms with E-state index in [9.17, 15) is 9.18 Å². The maximum atomic E-state index is 13.6. The standard InChI is InChI=1S/C28H35FN4O/c29-25-10-6-9-24(19-25)28(34)33(14-5-4-13-30)18-17-32-15-11-22(12-16-32)21-31-27-20-26(27)23-7-2-1-3-8-23/h1-3,6-10,19,22,26-27,31H,4-5,11-12,14-18,20-21H2/t26?,27-/m0/s1. The van der Waals surface area contributed by atoms with Gasteiger partial charge in [0.25, 0.3) is 5.91 Å². The number of benzene rings is 2. The molecule has 2 aliphatic rings.